The monoisotopic (exact) mass is 601 g/mol. The number of hydrogen-bond donors (Lipinski definition) is 1. The molecule has 0 heterocycles. The average Bonchev–Trinajstić information content (AvgIpc) is 3.44. The van der Waals surface area contributed by atoms with Gasteiger partial charge in [0.2, 0.25) is 11.8 Å². The summed E-state index contributed by atoms with van der Waals surface area (Å²) >= 11 is 12.4. The molecule has 0 bridgehead atoms. The van der Waals surface area contributed by atoms with Crippen LogP contribution >= 0.6 is 23.2 Å². The summed E-state index contributed by atoms with van der Waals surface area (Å²) in [5.74, 6) is -0.817. The minimum Gasteiger partial charge on any atom is -0.352 e. The van der Waals surface area contributed by atoms with Crippen LogP contribution in [-0.2, 0) is 26.2 Å². The van der Waals surface area contributed by atoms with Gasteiger partial charge in [-0.15, -0.1) is 0 Å². The molecule has 1 aliphatic rings. The van der Waals surface area contributed by atoms with Crippen LogP contribution in [0.15, 0.2) is 77.7 Å². The molecule has 4 rings (SSSR count). The maximum atomic E-state index is 14.0. The number of nitrogens with zero attached hydrogens (tertiary/aromatic N) is 2. The van der Waals surface area contributed by atoms with Crippen molar-refractivity contribution in [3.8, 4) is 0 Å². The van der Waals surface area contributed by atoms with Crippen molar-refractivity contribution in [3.63, 3.8) is 0 Å². The van der Waals surface area contributed by atoms with E-state index in [9.17, 15) is 18.0 Å². The minimum absolute atomic E-state index is 0.00381. The SMILES string of the molecule is Cc1cccc(N(CC(=O)N(Cc2ccccc2Cl)[C@H](C)C(=O)NC2CCCC2)S(=O)(=O)c2ccc(Cl)cc2)c1. The van der Waals surface area contributed by atoms with Crippen molar-refractivity contribution in [1.82, 2.24) is 10.2 Å². The predicted octanol–water partition coefficient (Wildman–Crippen LogP) is 5.97. The quantitative estimate of drug-likeness (QED) is 0.310. The standard InChI is InChI=1S/C30H33Cl2N3O4S/c1-21-8-7-12-26(18-21)35(40(38,39)27-16-14-24(31)15-17-27)20-29(36)34(19-23-9-3-6-13-28(23)32)22(2)30(37)33-25-10-4-5-11-25/h3,6-9,12-18,22,25H,4-5,10-11,19-20H2,1-2H3,(H,33,37)/t22-/m1/s1. The fraction of sp³-hybridized carbons (Fsp3) is 0.333. The second kappa shape index (κ2) is 13.1. The van der Waals surface area contributed by atoms with E-state index < -0.39 is 28.5 Å². The molecule has 3 aromatic rings. The Morgan fingerprint density at radius 3 is 2.30 bits per heavy atom. The zero-order chi connectivity index (χ0) is 28.9. The van der Waals surface area contributed by atoms with Crippen LogP contribution in [0, 0.1) is 6.92 Å². The second-order valence-corrected chi connectivity index (χ2v) is 12.8. The first-order valence-corrected chi connectivity index (χ1v) is 15.4. The van der Waals surface area contributed by atoms with Crippen LogP contribution in [0.3, 0.4) is 0 Å². The van der Waals surface area contributed by atoms with Gasteiger partial charge in [-0.05, 0) is 80.3 Å². The first-order valence-electron chi connectivity index (χ1n) is 13.2. The topological polar surface area (TPSA) is 86.8 Å². The van der Waals surface area contributed by atoms with Crippen molar-refractivity contribution in [1.29, 1.82) is 0 Å². The number of aryl methyl sites for hydroxylation is 1. The third-order valence-corrected chi connectivity index (χ3v) is 9.55. The number of anilines is 1. The number of nitrogens with one attached hydrogen (secondary N) is 1. The number of sulfonamides is 1. The molecule has 2 amide bonds. The smallest absolute Gasteiger partial charge is 0.264 e. The van der Waals surface area contributed by atoms with E-state index in [1.165, 1.54) is 29.2 Å². The van der Waals surface area contributed by atoms with Gasteiger partial charge in [0.15, 0.2) is 0 Å². The van der Waals surface area contributed by atoms with Crippen LogP contribution in [0.5, 0.6) is 0 Å². The van der Waals surface area contributed by atoms with E-state index in [0.717, 1.165) is 35.6 Å². The summed E-state index contributed by atoms with van der Waals surface area (Å²) in [6.07, 6.45) is 3.90. The number of carbonyl (C=O) groups is 2. The van der Waals surface area contributed by atoms with Crippen molar-refractivity contribution >= 4 is 50.7 Å². The summed E-state index contributed by atoms with van der Waals surface area (Å²) < 4.78 is 28.8. The Morgan fingerprint density at radius 1 is 0.975 bits per heavy atom. The molecule has 3 aromatic carbocycles. The summed E-state index contributed by atoms with van der Waals surface area (Å²) in [5, 5.41) is 3.90. The Bertz CT molecular complexity index is 1460. The zero-order valence-corrected chi connectivity index (χ0v) is 24.8. The first kappa shape index (κ1) is 29.9. The molecule has 1 aliphatic carbocycles. The molecule has 0 aromatic heterocycles. The minimum atomic E-state index is -4.16. The maximum absolute atomic E-state index is 14.0. The second-order valence-electron chi connectivity index (χ2n) is 10.1. The van der Waals surface area contributed by atoms with E-state index in [-0.39, 0.29) is 23.4 Å². The number of hydrogen-bond acceptors (Lipinski definition) is 4. The normalized spacial score (nSPS) is 14.5. The van der Waals surface area contributed by atoms with Gasteiger partial charge >= 0.3 is 0 Å². The molecule has 0 spiro atoms. The van der Waals surface area contributed by atoms with Gasteiger partial charge in [0.25, 0.3) is 10.0 Å². The summed E-state index contributed by atoms with van der Waals surface area (Å²) in [4.78, 5) is 28.7. The van der Waals surface area contributed by atoms with E-state index in [1.807, 2.05) is 13.0 Å². The van der Waals surface area contributed by atoms with Crippen LogP contribution in [0.2, 0.25) is 10.0 Å². The number of carbonyl (C=O) groups excluding carboxylic acids is 2. The molecule has 1 fully saturated rings. The van der Waals surface area contributed by atoms with Crippen molar-refractivity contribution in [3.05, 3.63) is 94.0 Å². The molecule has 0 aliphatic heterocycles. The molecule has 212 valence electrons. The first-order chi connectivity index (χ1) is 19.1. The molecule has 1 N–H and O–H groups in total. The van der Waals surface area contributed by atoms with Crippen molar-refractivity contribution < 1.29 is 18.0 Å². The van der Waals surface area contributed by atoms with Gasteiger partial charge in [0, 0.05) is 22.6 Å². The molecular weight excluding hydrogens is 569 g/mol. The van der Waals surface area contributed by atoms with Crippen LogP contribution in [0.25, 0.3) is 0 Å². The fourth-order valence-corrected chi connectivity index (χ4v) is 6.56. The lowest BCUT2D eigenvalue weighted by molar-refractivity contribution is -0.139. The number of rotatable bonds is 10. The summed E-state index contributed by atoms with van der Waals surface area (Å²) in [7, 11) is -4.16. The molecular formula is C30H33Cl2N3O4S. The maximum Gasteiger partial charge on any atom is 0.264 e. The molecule has 1 saturated carbocycles. The van der Waals surface area contributed by atoms with Gasteiger partial charge < -0.3 is 10.2 Å². The lowest BCUT2D eigenvalue weighted by atomic mass is 10.1. The van der Waals surface area contributed by atoms with Gasteiger partial charge in [-0.1, -0.05) is 66.4 Å². The van der Waals surface area contributed by atoms with Gasteiger partial charge in [-0.3, -0.25) is 13.9 Å². The highest BCUT2D eigenvalue weighted by atomic mass is 35.5. The van der Waals surface area contributed by atoms with Gasteiger partial charge in [0.05, 0.1) is 10.6 Å². The van der Waals surface area contributed by atoms with E-state index in [0.29, 0.717) is 21.3 Å². The summed E-state index contributed by atoms with van der Waals surface area (Å²) in [6.45, 7) is 3.03. The van der Waals surface area contributed by atoms with Crippen LogP contribution in [0.1, 0.15) is 43.7 Å². The molecule has 0 radical (unpaired) electrons. The van der Waals surface area contributed by atoms with E-state index in [2.05, 4.69) is 5.32 Å². The molecule has 0 saturated heterocycles. The summed E-state index contributed by atoms with van der Waals surface area (Å²) in [5.41, 5.74) is 1.82. The number of benzene rings is 3. The molecule has 1 atom stereocenters. The number of amides is 2. The Labute approximate surface area is 246 Å². The Kier molecular flexibility index (Phi) is 9.77. The highest BCUT2D eigenvalue weighted by Crippen LogP contribution is 2.27. The molecule has 0 unspecified atom stereocenters. The predicted molar refractivity (Wildman–Crippen MR) is 159 cm³/mol. The van der Waals surface area contributed by atoms with E-state index in [4.69, 9.17) is 23.2 Å². The van der Waals surface area contributed by atoms with E-state index >= 15 is 0 Å². The Morgan fingerprint density at radius 2 is 1.65 bits per heavy atom. The molecule has 7 nitrogen and oxygen atoms in total. The van der Waals surface area contributed by atoms with Gasteiger partial charge in [-0.2, -0.15) is 0 Å². The molecule has 10 heteroatoms. The van der Waals surface area contributed by atoms with E-state index in [1.54, 1.807) is 49.4 Å². The van der Waals surface area contributed by atoms with Crippen molar-refractivity contribution in [2.24, 2.45) is 0 Å². The van der Waals surface area contributed by atoms with Crippen molar-refractivity contribution in [2.75, 3.05) is 10.8 Å². The highest BCUT2D eigenvalue weighted by Gasteiger charge is 2.33. The lowest BCUT2D eigenvalue weighted by Gasteiger charge is -2.32. The fourth-order valence-electron chi connectivity index (χ4n) is 4.83. The van der Waals surface area contributed by atoms with Crippen LogP contribution in [0.4, 0.5) is 5.69 Å². The molecule has 40 heavy (non-hydrogen) atoms. The van der Waals surface area contributed by atoms with Gasteiger partial charge in [-0.25, -0.2) is 8.42 Å². The largest absolute Gasteiger partial charge is 0.352 e. The average molecular weight is 603 g/mol. The third-order valence-electron chi connectivity index (χ3n) is 7.14. The summed E-state index contributed by atoms with van der Waals surface area (Å²) in [6, 6.07) is 19.0. The van der Waals surface area contributed by atoms with Crippen LogP contribution in [-0.4, -0.2) is 43.8 Å². The highest BCUT2D eigenvalue weighted by molar-refractivity contribution is 7.92. The zero-order valence-electron chi connectivity index (χ0n) is 22.5. The van der Waals surface area contributed by atoms with Crippen LogP contribution < -0.4 is 9.62 Å². The Balaban J connectivity index is 1.69. The third kappa shape index (κ3) is 7.16. The Hall–Kier alpha value is -3.07. The number of halogens is 2. The van der Waals surface area contributed by atoms with Crippen molar-refractivity contribution in [2.45, 2.75) is 63.1 Å². The lowest BCUT2D eigenvalue weighted by Crippen LogP contribution is -2.52. The van der Waals surface area contributed by atoms with Gasteiger partial charge in [0.1, 0.15) is 12.6 Å².